The minimum absolute atomic E-state index is 0.173. The van der Waals surface area contributed by atoms with Crippen molar-refractivity contribution in [1.29, 1.82) is 0 Å². The molecule has 0 aliphatic heterocycles. The van der Waals surface area contributed by atoms with Crippen molar-refractivity contribution in [2.45, 2.75) is 12.5 Å². The monoisotopic (exact) mass is 395 g/mol. The van der Waals surface area contributed by atoms with Gasteiger partial charge in [-0.1, -0.05) is 17.7 Å². The normalized spacial score (nSPS) is 12.7. The summed E-state index contributed by atoms with van der Waals surface area (Å²) in [6, 6.07) is 9.02. The summed E-state index contributed by atoms with van der Waals surface area (Å²) < 4.78 is 14.8. The van der Waals surface area contributed by atoms with Gasteiger partial charge in [-0.2, -0.15) is 0 Å². The molecule has 1 aromatic heterocycles. The summed E-state index contributed by atoms with van der Waals surface area (Å²) in [5.41, 5.74) is 1.11. The van der Waals surface area contributed by atoms with Crippen LogP contribution in [0.15, 0.2) is 30.3 Å². The Kier molecular flexibility index (Phi) is 5.00. The van der Waals surface area contributed by atoms with Gasteiger partial charge in [0.1, 0.15) is 5.82 Å². The molecule has 2 rings (SSSR count). The number of thiophene rings is 1. The van der Waals surface area contributed by atoms with Gasteiger partial charge in [0.2, 0.25) is 0 Å². The van der Waals surface area contributed by atoms with Gasteiger partial charge in [0.15, 0.2) is 0 Å². The first kappa shape index (κ1) is 14.2. The predicted molar refractivity (Wildman–Crippen MR) is 84.0 cm³/mol. The van der Waals surface area contributed by atoms with Gasteiger partial charge in [-0.25, -0.2) is 4.39 Å². The number of rotatable bonds is 4. The summed E-state index contributed by atoms with van der Waals surface area (Å²) in [6.07, 6.45) is 0.857. The van der Waals surface area contributed by atoms with Crippen LogP contribution in [0.25, 0.3) is 0 Å². The Balaban J connectivity index is 2.22. The van der Waals surface area contributed by atoms with Crippen LogP contribution in [0.1, 0.15) is 16.5 Å². The number of hydrogen-bond acceptors (Lipinski definition) is 2. The molecule has 1 N–H and O–H groups in total. The molecule has 0 radical (unpaired) electrons. The molecule has 0 amide bonds. The van der Waals surface area contributed by atoms with E-state index in [4.69, 9.17) is 11.6 Å². The quantitative estimate of drug-likeness (QED) is 0.743. The highest BCUT2D eigenvalue weighted by molar-refractivity contribution is 14.1. The van der Waals surface area contributed by atoms with Crippen molar-refractivity contribution in [2.75, 3.05) is 7.05 Å². The van der Waals surface area contributed by atoms with Gasteiger partial charge in [0.05, 0.1) is 4.34 Å². The van der Waals surface area contributed by atoms with Crippen molar-refractivity contribution in [1.82, 2.24) is 5.32 Å². The van der Waals surface area contributed by atoms with E-state index in [-0.39, 0.29) is 11.9 Å². The molecule has 1 nitrogen and oxygen atoms in total. The number of hydrogen-bond donors (Lipinski definition) is 1. The summed E-state index contributed by atoms with van der Waals surface area (Å²) in [6.45, 7) is 0. The summed E-state index contributed by atoms with van der Waals surface area (Å²) >= 11 is 9.69. The van der Waals surface area contributed by atoms with E-state index < -0.39 is 0 Å². The van der Waals surface area contributed by atoms with Crippen LogP contribution < -0.4 is 5.32 Å². The van der Waals surface area contributed by atoms with Crippen LogP contribution in [-0.4, -0.2) is 7.05 Å². The Bertz CT molecular complexity index is 544. The highest BCUT2D eigenvalue weighted by atomic mass is 127. The third-order valence-corrected chi connectivity index (χ3v) is 4.91. The van der Waals surface area contributed by atoms with E-state index in [0.717, 1.165) is 19.9 Å². The maximum absolute atomic E-state index is 13.1. The number of benzene rings is 1. The van der Waals surface area contributed by atoms with Crippen LogP contribution >= 0.6 is 45.5 Å². The van der Waals surface area contributed by atoms with Crippen molar-refractivity contribution in [3.63, 3.8) is 0 Å². The largest absolute Gasteiger partial charge is 0.313 e. The first-order chi connectivity index (χ1) is 8.60. The Labute approximate surface area is 129 Å². The molecule has 0 aliphatic carbocycles. The van der Waals surface area contributed by atoms with Gasteiger partial charge in [-0.05, 0) is 59.5 Å². The van der Waals surface area contributed by atoms with Crippen LogP contribution in [0.2, 0.25) is 4.34 Å². The SMILES string of the molecule is CNC(Cc1ccc(Cl)s1)c1ccc(F)cc1I. The molecule has 0 aliphatic rings. The Morgan fingerprint density at radius 3 is 2.72 bits per heavy atom. The Hall–Kier alpha value is -0.170. The smallest absolute Gasteiger partial charge is 0.124 e. The highest BCUT2D eigenvalue weighted by Crippen LogP contribution is 2.28. The van der Waals surface area contributed by atoms with Crippen LogP contribution in [0, 0.1) is 9.39 Å². The van der Waals surface area contributed by atoms with E-state index in [1.807, 2.05) is 25.2 Å². The molecule has 18 heavy (non-hydrogen) atoms. The zero-order valence-corrected chi connectivity index (χ0v) is 13.4. The van der Waals surface area contributed by atoms with E-state index >= 15 is 0 Å². The first-order valence-corrected chi connectivity index (χ1v) is 7.74. The van der Waals surface area contributed by atoms with Gasteiger partial charge < -0.3 is 5.32 Å². The van der Waals surface area contributed by atoms with Gasteiger partial charge in [0, 0.05) is 20.9 Å². The molecule has 1 unspecified atom stereocenters. The van der Waals surface area contributed by atoms with Crippen molar-refractivity contribution in [3.05, 3.63) is 54.5 Å². The molecule has 2 aromatic rings. The second-order valence-electron chi connectivity index (χ2n) is 3.92. The molecule has 0 saturated heterocycles. The van der Waals surface area contributed by atoms with Crippen molar-refractivity contribution >= 4 is 45.5 Å². The Morgan fingerprint density at radius 2 is 2.17 bits per heavy atom. The van der Waals surface area contributed by atoms with Gasteiger partial charge in [-0.15, -0.1) is 11.3 Å². The second kappa shape index (κ2) is 6.32. The minimum Gasteiger partial charge on any atom is -0.313 e. The fourth-order valence-corrected chi connectivity index (χ4v) is 3.80. The number of nitrogens with one attached hydrogen (secondary N) is 1. The summed E-state index contributed by atoms with van der Waals surface area (Å²) in [4.78, 5) is 1.22. The van der Waals surface area contributed by atoms with Crippen LogP contribution in [-0.2, 0) is 6.42 Å². The lowest BCUT2D eigenvalue weighted by Crippen LogP contribution is -2.19. The van der Waals surface area contributed by atoms with Crippen LogP contribution in [0.4, 0.5) is 4.39 Å². The predicted octanol–water partition coefficient (Wildman–Crippen LogP) is 4.65. The molecule has 5 heteroatoms. The molecule has 0 spiro atoms. The zero-order chi connectivity index (χ0) is 13.1. The zero-order valence-electron chi connectivity index (χ0n) is 9.71. The molecular formula is C13H12ClFINS. The lowest BCUT2D eigenvalue weighted by Gasteiger charge is -2.17. The van der Waals surface area contributed by atoms with Gasteiger partial charge in [0.25, 0.3) is 0 Å². The molecular weight excluding hydrogens is 384 g/mol. The van der Waals surface area contributed by atoms with E-state index in [0.29, 0.717) is 0 Å². The first-order valence-electron chi connectivity index (χ1n) is 5.46. The lowest BCUT2D eigenvalue weighted by molar-refractivity contribution is 0.586. The molecule has 1 heterocycles. The van der Waals surface area contributed by atoms with Crippen molar-refractivity contribution in [3.8, 4) is 0 Å². The standard InChI is InChI=1S/C13H12ClFINS/c1-17-12(7-9-3-5-13(14)18-9)10-4-2-8(15)6-11(10)16/h2-6,12,17H,7H2,1H3. The lowest BCUT2D eigenvalue weighted by atomic mass is 10.0. The molecule has 1 atom stereocenters. The van der Waals surface area contributed by atoms with E-state index in [1.54, 1.807) is 17.4 Å². The molecule has 1 aromatic carbocycles. The minimum atomic E-state index is -0.197. The summed E-state index contributed by atoms with van der Waals surface area (Å²) in [5, 5.41) is 3.27. The highest BCUT2D eigenvalue weighted by Gasteiger charge is 2.14. The number of likely N-dealkylation sites (N-methyl/N-ethyl adjacent to an activating group) is 1. The van der Waals surface area contributed by atoms with E-state index in [1.165, 1.54) is 10.9 Å². The average Bonchev–Trinajstić information content (AvgIpc) is 2.72. The third kappa shape index (κ3) is 3.44. The van der Waals surface area contributed by atoms with E-state index in [2.05, 4.69) is 27.9 Å². The van der Waals surface area contributed by atoms with Crippen molar-refractivity contribution < 1.29 is 4.39 Å². The fourth-order valence-electron chi connectivity index (χ4n) is 1.81. The van der Waals surface area contributed by atoms with Crippen LogP contribution in [0.5, 0.6) is 0 Å². The van der Waals surface area contributed by atoms with Crippen LogP contribution in [0.3, 0.4) is 0 Å². The average molecular weight is 396 g/mol. The molecule has 0 saturated carbocycles. The van der Waals surface area contributed by atoms with Gasteiger partial charge >= 0.3 is 0 Å². The maximum Gasteiger partial charge on any atom is 0.124 e. The van der Waals surface area contributed by atoms with Crippen molar-refractivity contribution in [2.24, 2.45) is 0 Å². The van der Waals surface area contributed by atoms with E-state index in [9.17, 15) is 4.39 Å². The Morgan fingerprint density at radius 1 is 1.39 bits per heavy atom. The third-order valence-electron chi connectivity index (χ3n) is 2.72. The molecule has 96 valence electrons. The summed E-state index contributed by atoms with van der Waals surface area (Å²) in [7, 11) is 1.92. The molecule has 0 fully saturated rings. The maximum atomic E-state index is 13.1. The summed E-state index contributed by atoms with van der Waals surface area (Å²) in [5.74, 6) is -0.197. The second-order valence-corrected chi connectivity index (χ2v) is 6.88. The number of halogens is 3. The fraction of sp³-hybridized carbons (Fsp3) is 0.231. The molecule has 0 bridgehead atoms. The topological polar surface area (TPSA) is 12.0 Å². The van der Waals surface area contributed by atoms with Gasteiger partial charge in [-0.3, -0.25) is 0 Å².